The molecule has 5 heterocycles. The summed E-state index contributed by atoms with van der Waals surface area (Å²) >= 11 is 12.9. The lowest BCUT2D eigenvalue weighted by molar-refractivity contribution is -0.137. The van der Waals surface area contributed by atoms with Crippen molar-refractivity contribution in [3.63, 3.8) is 0 Å². The third kappa shape index (κ3) is 8.76. The summed E-state index contributed by atoms with van der Waals surface area (Å²) in [6.45, 7) is 8.18. The van der Waals surface area contributed by atoms with E-state index in [-0.39, 0.29) is 59.5 Å². The van der Waals surface area contributed by atoms with Gasteiger partial charge in [-0.25, -0.2) is 4.39 Å². The molecule has 3 saturated heterocycles. The number of hydrogen-bond acceptors (Lipinski definition) is 8. The SMILES string of the molecule is COc1cc(C(=O)N2CCC[C@@H](CC#Cc3cccc4c3CN(C3CCC(=O)NC3=O)C4=O)C2)ccc1NC(=O)[C@@H]1N[C@@H](CC(C)(C)C)[C@@]2(CNc3cc(Cl)ccc32)[C@H]1c1cccc(Cl)c1F. The van der Waals surface area contributed by atoms with Crippen molar-refractivity contribution < 1.29 is 33.1 Å². The third-order valence-electron chi connectivity index (χ3n) is 14.1. The largest absolute Gasteiger partial charge is 0.495 e. The van der Waals surface area contributed by atoms with E-state index in [9.17, 15) is 24.0 Å². The summed E-state index contributed by atoms with van der Waals surface area (Å²) in [6, 6.07) is 19.1. The van der Waals surface area contributed by atoms with Gasteiger partial charge in [0.1, 0.15) is 17.6 Å². The Morgan fingerprint density at radius 2 is 1.82 bits per heavy atom. The van der Waals surface area contributed by atoms with E-state index in [1.54, 1.807) is 42.5 Å². The number of anilines is 2. The molecule has 4 aromatic carbocycles. The molecule has 5 aliphatic rings. The van der Waals surface area contributed by atoms with Crippen LogP contribution in [0.15, 0.2) is 72.8 Å². The number of rotatable bonds is 8. The molecule has 5 amide bonds. The molecule has 0 aromatic heterocycles. The number of fused-ring (bicyclic) bond motifs is 3. The van der Waals surface area contributed by atoms with Crippen molar-refractivity contribution in [2.45, 2.75) is 95.3 Å². The van der Waals surface area contributed by atoms with Crippen LogP contribution in [-0.4, -0.2) is 84.2 Å². The van der Waals surface area contributed by atoms with Crippen LogP contribution in [0.1, 0.15) is 108 Å². The van der Waals surface area contributed by atoms with E-state index < -0.39 is 41.0 Å². The van der Waals surface area contributed by atoms with Crippen LogP contribution in [0.3, 0.4) is 0 Å². The van der Waals surface area contributed by atoms with Crippen molar-refractivity contribution in [1.82, 2.24) is 20.4 Å². The number of carbonyl (C=O) groups is 5. The number of imide groups is 1. The Hall–Kier alpha value is -5.94. The number of ether oxygens (including phenoxy) is 1. The highest BCUT2D eigenvalue weighted by Gasteiger charge is 2.61. The summed E-state index contributed by atoms with van der Waals surface area (Å²) < 4.78 is 22.1. The molecule has 0 radical (unpaired) electrons. The normalized spacial score (nSPS) is 24.4. The van der Waals surface area contributed by atoms with E-state index in [0.717, 1.165) is 35.2 Å². The summed E-state index contributed by atoms with van der Waals surface area (Å²) in [5.74, 6) is 4.12. The lowest BCUT2D eigenvalue weighted by Gasteiger charge is -2.39. The maximum atomic E-state index is 16.3. The number of benzene rings is 4. The smallest absolute Gasteiger partial charge is 0.255 e. The van der Waals surface area contributed by atoms with E-state index in [1.165, 1.54) is 18.1 Å². The Balaban J connectivity index is 0.911. The maximum Gasteiger partial charge on any atom is 0.255 e. The predicted octanol–water partition coefficient (Wildman–Crippen LogP) is 8.06. The van der Waals surface area contributed by atoms with Crippen LogP contribution in [0.25, 0.3) is 0 Å². The highest BCUT2D eigenvalue weighted by atomic mass is 35.5. The molecule has 9 rings (SSSR count). The van der Waals surface area contributed by atoms with Crippen LogP contribution in [-0.2, 0) is 26.3 Å². The second kappa shape index (κ2) is 18.3. The van der Waals surface area contributed by atoms with Crippen molar-refractivity contribution >= 4 is 64.1 Å². The number of methoxy groups -OCH3 is 1. The van der Waals surface area contributed by atoms with Gasteiger partial charge in [-0.1, -0.05) is 80.1 Å². The number of halogens is 3. The number of carbonyl (C=O) groups excluding carboxylic acids is 5. The van der Waals surface area contributed by atoms with E-state index in [4.69, 9.17) is 27.9 Å². The van der Waals surface area contributed by atoms with Crippen LogP contribution in [0.5, 0.6) is 5.75 Å². The summed E-state index contributed by atoms with van der Waals surface area (Å²) in [6.07, 6.45) is 3.37. The Bertz CT molecular complexity index is 2770. The van der Waals surface area contributed by atoms with Gasteiger partial charge in [-0.15, -0.1) is 0 Å². The summed E-state index contributed by atoms with van der Waals surface area (Å²) in [5.41, 5.74) is 3.96. The molecule has 4 N–H and O–H groups in total. The van der Waals surface area contributed by atoms with Gasteiger partial charge < -0.3 is 30.5 Å². The van der Waals surface area contributed by atoms with Gasteiger partial charge in [0.2, 0.25) is 17.7 Å². The molecule has 15 heteroatoms. The fourth-order valence-electron chi connectivity index (χ4n) is 11.0. The zero-order valence-electron chi connectivity index (χ0n) is 37.9. The highest BCUT2D eigenvalue weighted by molar-refractivity contribution is 6.31. The molecule has 12 nitrogen and oxygen atoms in total. The second-order valence-corrected chi connectivity index (χ2v) is 20.4. The van der Waals surface area contributed by atoms with E-state index >= 15 is 4.39 Å². The first-order chi connectivity index (χ1) is 32.1. The molecule has 0 bridgehead atoms. The van der Waals surface area contributed by atoms with Gasteiger partial charge in [0, 0.05) is 83.8 Å². The predicted molar refractivity (Wildman–Crippen MR) is 255 cm³/mol. The average molecular weight is 948 g/mol. The number of nitrogens with one attached hydrogen (secondary N) is 4. The standard InChI is InChI=1S/C52H53Cl2FN6O6/c1-51(2,3)25-42-52(28-56-39-24-32(53)17-18-36(39)52)44(34-14-7-15-37(54)45(34)55)46(58-42)48(64)57-38-19-16-31(23-41(38)67-4)49(65)60-22-8-10-29(26-60)9-5-11-30-12-6-13-33-35(30)27-61(50(33)66)40-20-21-43(62)59-47(40)63/h6-7,12-19,23-24,29,40,42,44,46,56,58H,8-10,20-22,25-28H2,1-4H3,(H,57,64)(H,59,62,63)/t29-,40?,42+,44+,46-,52+/m1/s1. The van der Waals surface area contributed by atoms with E-state index in [1.807, 2.05) is 29.2 Å². The molecule has 67 heavy (non-hydrogen) atoms. The quantitative estimate of drug-likeness (QED) is 0.103. The molecule has 348 valence electrons. The summed E-state index contributed by atoms with van der Waals surface area (Å²) in [7, 11) is 1.48. The van der Waals surface area contributed by atoms with Gasteiger partial charge in [0.25, 0.3) is 11.8 Å². The minimum absolute atomic E-state index is 0.0290. The van der Waals surface area contributed by atoms with Crippen LogP contribution in [0, 0.1) is 29.0 Å². The average Bonchev–Trinajstić information content (AvgIpc) is 3.95. The highest BCUT2D eigenvalue weighted by Crippen LogP contribution is 2.57. The molecular formula is C52H53Cl2FN6O6. The van der Waals surface area contributed by atoms with Crippen molar-refractivity contribution in [3.05, 3.63) is 122 Å². The zero-order chi connectivity index (χ0) is 47.4. The van der Waals surface area contributed by atoms with E-state index in [0.29, 0.717) is 65.6 Å². The second-order valence-electron chi connectivity index (χ2n) is 19.6. The van der Waals surface area contributed by atoms with Crippen molar-refractivity contribution in [2.24, 2.45) is 11.3 Å². The Morgan fingerprint density at radius 3 is 2.60 bits per heavy atom. The number of amides is 5. The summed E-state index contributed by atoms with van der Waals surface area (Å²) in [5, 5.41) is 13.2. The molecule has 3 fully saturated rings. The number of hydrogen-bond donors (Lipinski definition) is 4. The van der Waals surface area contributed by atoms with E-state index in [2.05, 4.69) is 53.9 Å². The molecule has 1 spiro atoms. The first-order valence-corrected chi connectivity index (χ1v) is 23.6. The van der Waals surface area contributed by atoms with Crippen LogP contribution in [0.2, 0.25) is 10.0 Å². The fourth-order valence-corrected chi connectivity index (χ4v) is 11.4. The Morgan fingerprint density at radius 1 is 1.01 bits per heavy atom. The molecule has 0 aliphatic carbocycles. The number of likely N-dealkylation sites (tertiary alicyclic amines) is 1. The number of nitrogens with zero attached hydrogens (tertiary/aromatic N) is 2. The van der Waals surface area contributed by atoms with Crippen LogP contribution < -0.4 is 26.0 Å². The first kappa shape index (κ1) is 46.2. The molecule has 4 aromatic rings. The fraction of sp³-hybridized carbons (Fsp3) is 0.404. The van der Waals surface area contributed by atoms with Gasteiger partial charge in [-0.3, -0.25) is 29.3 Å². The van der Waals surface area contributed by atoms with Gasteiger partial charge in [-0.2, -0.15) is 0 Å². The number of piperidine rings is 2. The molecule has 6 atom stereocenters. The Labute approximate surface area is 399 Å². The minimum atomic E-state index is -0.902. The third-order valence-corrected chi connectivity index (χ3v) is 14.6. The van der Waals surface area contributed by atoms with Gasteiger partial charge in [-0.05, 0) is 102 Å². The van der Waals surface area contributed by atoms with Crippen molar-refractivity contribution in [1.29, 1.82) is 0 Å². The van der Waals surface area contributed by atoms with Crippen molar-refractivity contribution in [3.8, 4) is 17.6 Å². The molecule has 0 saturated carbocycles. The van der Waals surface area contributed by atoms with Crippen molar-refractivity contribution in [2.75, 3.05) is 37.4 Å². The molecule has 5 aliphatic heterocycles. The first-order valence-electron chi connectivity index (χ1n) is 22.8. The minimum Gasteiger partial charge on any atom is -0.495 e. The lowest BCUT2D eigenvalue weighted by Crippen LogP contribution is -2.52. The molecular weight excluding hydrogens is 895 g/mol. The molecule has 1 unspecified atom stereocenters. The topological polar surface area (TPSA) is 149 Å². The zero-order valence-corrected chi connectivity index (χ0v) is 39.4. The summed E-state index contributed by atoms with van der Waals surface area (Å²) in [4.78, 5) is 69.8. The van der Waals surface area contributed by atoms with Gasteiger partial charge >= 0.3 is 0 Å². The van der Waals surface area contributed by atoms with Gasteiger partial charge in [0.15, 0.2) is 0 Å². The lowest BCUT2D eigenvalue weighted by atomic mass is 9.63. The Kier molecular flexibility index (Phi) is 12.6. The van der Waals surface area contributed by atoms with Crippen LogP contribution in [0.4, 0.5) is 15.8 Å². The van der Waals surface area contributed by atoms with Gasteiger partial charge in [0.05, 0.1) is 23.9 Å². The van der Waals surface area contributed by atoms with Crippen LogP contribution >= 0.6 is 23.2 Å². The maximum absolute atomic E-state index is 16.3. The monoisotopic (exact) mass is 946 g/mol.